The van der Waals surface area contributed by atoms with Crippen LogP contribution >= 0.6 is 0 Å². The molecule has 1 aromatic heterocycles. The third-order valence-electron chi connectivity index (χ3n) is 4.19. The van der Waals surface area contributed by atoms with Crippen LogP contribution in [0.1, 0.15) is 23.3 Å². The monoisotopic (exact) mass is 276 g/mol. The molecule has 1 saturated heterocycles. The number of aromatic nitrogens is 1. The molecule has 21 heavy (non-hydrogen) atoms. The lowest BCUT2D eigenvalue weighted by atomic mass is 10.0. The zero-order valence-electron chi connectivity index (χ0n) is 11.7. The zero-order valence-corrected chi connectivity index (χ0v) is 11.7. The highest BCUT2D eigenvalue weighted by atomic mass is 16.1. The minimum absolute atomic E-state index is 0.0598. The molecule has 104 valence electrons. The lowest BCUT2D eigenvalue weighted by Gasteiger charge is -2.09. The van der Waals surface area contributed by atoms with Crippen LogP contribution in [0.15, 0.2) is 48.5 Å². The number of nitrogens with one attached hydrogen (secondary N) is 1. The summed E-state index contributed by atoms with van der Waals surface area (Å²) >= 11 is 0. The van der Waals surface area contributed by atoms with Gasteiger partial charge in [0, 0.05) is 5.39 Å². The van der Waals surface area contributed by atoms with Crippen molar-refractivity contribution in [1.29, 1.82) is 0 Å². The van der Waals surface area contributed by atoms with Crippen molar-refractivity contribution in [2.75, 3.05) is 6.54 Å². The van der Waals surface area contributed by atoms with Gasteiger partial charge >= 0.3 is 0 Å². The van der Waals surface area contributed by atoms with E-state index in [4.69, 9.17) is 0 Å². The third kappa shape index (κ3) is 2.20. The number of ketones is 1. The van der Waals surface area contributed by atoms with E-state index in [9.17, 15) is 4.79 Å². The van der Waals surface area contributed by atoms with Crippen molar-refractivity contribution in [3.63, 3.8) is 0 Å². The lowest BCUT2D eigenvalue weighted by molar-refractivity contribution is 0.0947. The lowest BCUT2D eigenvalue weighted by Crippen LogP contribution is -2.31. The minimum atomic E-state index is -0.0598. The van der Waals surface area contributed by atoms with Crippen LogP contribution in [0.3, 0.4) is 0 Å². The van der Waals surface area contributed by atoms with E-state index in [1.807, 2.05) is 24.3 Å². The highest BCUT2D eigenvalue weighted by molar-refractivity contribution is 6.02. The Labute approximate surface area is 123 Å². The molecule has 4 rings (SSSR count). The van der Waals surface area contributed by atoms with Crippen LogP contribution in [-0.4, -0.2) is 23.4 Å². The maximum Gasteiger partial charge on any atom is 0.198 e. The molecule has 0 aliphatic carbocycles. The average Bonchev–Trinajstić information content (AvgIpc) is 3.06. The molecule has 2 aromatic carbocycles. The summed E-state index contributed by atoms with van der Waals surface area (Å²) in [6.45, 7) is 0.925. The Hall–Kier alpha value is -2.26. The van der Waals surface area contributed by atoms with Crippen molar-refractivity contribution in [3.8, 4) is 0 Å². The summed E-state index contributed by atoms with van der Waals surface area (Å²) in [5.74, 6) is 0.113. The van der Waals surface area contributed by atoms with Gasteiger partial charge in [-0.15, -0.1) is 0 Å². The molecule has 0 amide bonds. The van der Waals surface area contributed by atoms with Gasteiger partial charge in [-0.2, -0.15) is 0 Å². The van der Waals surface area contributed by atoms with Crippen molar-refractivity contribution >= 4 is 27.5 Å². The van der Waals surface area contributed by atoms with Crippen molar-refractivity contribution in [1.82, 2.24) is 10.3 Å². The molecule has 3 nitrogen and oxygen atoms in total. The molecular weight excluding hydrogens is 260 g/mol. The number of benzene rings is 2. The third-order valence-corrected chi connectivity index (χ3v) is 4.19. The summed E-state index contributed by atoms with van der Waals surface area (Å²) in [5, 5.41) is 6.67. The summed E-state index contributed by atoms with van der Waals surface area (Å²) in [6, 6.07) is 16.2. The quantitative estimate of drug-likeness (QED) is 0.576. The highest BCUT2D eigenvalue weighted by Crippen LogP contribution is 2.22. The Balaban J connectivity index is 1.81. The molecule has 0 saturated carbocycles. The van der Waals surface area contributed by atoms with E-state index in [0.29, 0.717) is 5.69 Å². The molecule has 0 bridgehead atoms. The van der Waals surface area contributed by atoms with Gasteiger partial charge in [-0.25, -0.2) is 4.98 Å². The Morgan fingerprint density at radius 3 is 2.62 bits per heavy atom. The van der Waals surface area contributed by atoms with Crippen LogP contribution in [0.2, 0.25) is 0 Å². The number of pyridine rings is 1. The van der Waals surface area contributed by atoms with E-state index in [-0.39, 0.29) is 11.8 Å². The number of Topliss-reactive ketones (excluding diaryl/α,β-unsaturated/α-hetero) is 1. The van der Waals surface area contributed by atoms with Gasteiger partial charge in [-0.05, 0) is 48.4 Å². The first-order chi connectivity index (χ1) is 10.3. The molecule has 1 aliphatic rings. The van der Waals surface area contributed by atoms with Crippen molar-refractivity contribution < 1.29 is 4.79 Å². The smallest absolute Gasteiger partial charge is 0.198 e. The van der Waals surface area contributed by atoms with Gasteiger partial charge in [0.25, 0.3) is 0 Å². The number of hydrogen-bond acceptors (Lipinski definition) is 3. The molecule has 1 aliphatic heterocycles. The van der Waals surface area contributed by atoms with Crippen LogP contribution in [0.25, 0.3) is 21.7 Å². The molecule has 0 unspecified atom stereocenters. The Kier molecular flexibility index (Phi) is 2.93. The largest absolute Gasteiger partial charge is 0.307 e. The van der Waals surface area contributed by atoms with Crippen LogP contribution in [0.5, 0.6) is 0 Å². The molecule has 0 spiro atoms. The Morgan fingerprint density at radius 1 is 1.05 bits per heavy atom. The van der Waals surface area contributed by atoms with Crippen LogP contribution in [0, 0.1) is 0 Å². The maximum absolute atomic E-state index is 12.4. The Morgan fingerprint density at radius 2 is 1.86 bits per heavy atom. The molecule has 0 radical (unpaired) electrons. The van der Waals surface area contributed by atoms with E-state index in [2.05, 4.69) is 34.6 Å². The second-order valence-electron chi connectivity index (χ2n) is 5.60. The van der Waals surface area contributed by atoms with Crippen LogP contribution < -0.4 is 5.32 Å². The molecule has 3 heteroatoms. The van der Waals surface area contributed by atoms with Crippen LogP contribution in [-0.2, 0) is 0 Å². The van der Waals surface area contributed by atoms with Gasteiger partial charge in [0.05, 0.1) is 11.6 Å². The minimum Gasteiger partial charge on any atom is -0.307 e. The van der Waals surface area contributed by atoms with E-state index in [0.717, 1.165) is 35.7 Å². The standard InChI is InChI=1S/C18H16N2O/c21-18(15-6-3-9-19-15)16-8-7-14-10-12-4-1-2-5-13(12)11-17(14)20-16/h1-2,4-5,7-8,10-11,15,19H,3,6,9H2/t15-/m0/s1. The van der Waals surface area contributed by atoms with Crippen molar-refractivity contribution in [2.45, 2.75) is 18.9 Å². The molecular formula is C18H16N2O. The fourth-order valence-corrected chi connectivity index (χ4v) is 3.04. The second kappa shape index (κ2) is 4.93. The summed E-state index contributed by atoms with van der Waals surface area (Å²) in [6.07, 6.45) is 1.98. The molecule has 2 heterocycles. The first kappa shape index (κ1) is 12.5. The van der Waals surface area contributed by atoms with Gasteiger partial charge in [0.1, 0.15) is 5.69 Å². The predicted octanol–water partition coefficient (Wildman–Crippen LogP) is 3.32. The maximum atomic E-state index is 12.4. The Bertz CT molecular complexity index is 835. The van der Waals surface area contributed by atoms with E-state index in [1.165, 1.54) is 5.39 Å². The van der Waals surface area contributed by atoms with Gasteiger partial charge in [-0.1, -0.05) is 30.3 Å². The zero-order chi connectivity index (χ0) is 14.2. The number of carbonyl (C=O) groups is 1. The summed E-state index contributed by atoms with van der Waals surface area (Å²) in [7, 11) is 0. The first-order valence-electron chi connectivity index (χ1n) is 7.38. The fraction of sp³-hybridized carbons (Fsp3) is 0.222. The summed E-state index contributed by atoms with van der Waals surface area (Å²) in [4.78, 5) is 17.0. The van der Waals surface area contributed by atoms with Crippen molar-refractivity contribution in [2.24, 2.45) is 0 Å². The topological polar surface area (TPSA) is 42.0 Å². The van der Waals surface area contributed by atoms with E-state index >= 15 is 0 Å². The molecule has 3 aromatic rings. The molecule has 1 fully saturated rings. The van der Waals surface area contributed by atoms with Gasteiger partial charge < -0.3 is 5.32 Å². The summed E-state index contributed by atoms with van der Waals surface area (Å²) in [5.41, 5.74) is 1.45. The predicted molar refractivity (Wildman–Crippen MR) is 84.6 cm³/mol. The van der Waals surface area contributed by atoms with Crippen LogP contribution in [0.4, 0.5) is 0 Å². The number of hydrogen-bond donors (Lipinski definition) is 1. The normalized spacial score (nSPS) is 18.4. The van der Waals surface area contributed by atoms with Gasteiger partial charge in [0.2, 0.25) is 0 Å². The average molecular weight is 276 g/mol. The van der Waals surface area contributed by atoms with Gasteiger partial charge in [0.15, 0.2) is 5.78 Å². The molecule has 1 N–H and O–H groups in total. The SMILES string of the molecule is O=C(c1ccc2cc3ccccc3cc2n1)[C@@H]1CCCN1. The fourth-order valence-electron chi connectivity index (χ4n) is 3.04. The second-order valence-corrected chi connectivity index (χ2v) is 5.60. The number of carbonyl (C=O) groups excluding carboxylic acids is 1. The molecule has 1 atom stereocenters. The highest BCUT2D eigenvalue weighted by Gasteiger charge is 2.24. The summed E-state index contributed by atoms with van der Waals surface area (Å²) < 4.78 is 0. The van der Waals surface area contributed by atoms with Crippen molar-refractivity contribution in [3.05, 3.63) is 54.2 Å². The number of rotatable bonds is 2. The van der Waals surface area contributed by atoms with E-state index in [1.54, 1.807) is 0 Å². The number of fused-ring (bicyclic) bond motifs is 2. The van der Waals surface area contributed by atoms with Gasteiger partial charge in [-0.3, -0.25) is 4.79 Å². The van der Waals surface area contributed by atoms with E-state index < -0.39 is 0 Å². The number of nitrogens with zero attached hydrogens (tertiary/aromatic N) is 1. The first-order valence-corrected chi connectivity index (χ1v) is 7.38.